The van der Waals surface area contributed by atoms with E-state index < -0.39 is 0 Å². The summed E-state index contributed by atoms with van der Waals surface area (Å²) < 4.78 is 4.56. The van der Waals surface area contributed by atoms with Crippen LogP contribution in [0.3, 0.4) is 0 Å². The lowest BCUT2D eigenvalue weighted by Crippen LogP contribution is -2.29. The van der Waals surface area contributed by atoms with Crippen molar-refractivity contribution in [3.63, 3.8) is 0 Å². The van der Waals surface area contributed by atoms with Gasteiger partial charge in [0.2, 0.25) is 0 Å². The van der Waals surface area contributed by atoms with Crippen molar-refractivity contribution >= 4 is 77.3 Å². The molecule has 4 heteroatoms. The van der Waals surface area contributed by atoms with Crippen molar-refractivity contribution in [1.82, 2.24) is 19.1 Å². The molecule has 0 N–H and O–H groups in total. The minimum absolute atomic E-state index is 0.965. The maximum atomic E-state index is 5.32. The molecule has 1 aliphatic carbocycles. The standard InChI is InChI=1S/C54H38N4/c1-57-51-46-21-9-5-17-42(46)40-15-3-7-19-44(40)49(51)55-53(57)36-29-25-33(26-30-36)38-23-11-13-35-14-12-24-39(48(35)38)34-27-31-37(32-28-34)54-56-50-45-20-8-4-16-41(45)43-18-6-10-22-47(43)52(50)58(54)2/h3-5,7-9,11-32H,6,10H2,1-2H3. The highest BCUT2D eigenvalue weighted by Crippen LogP contribution is 2.40. The third-order valence-electron chi connectivity index (χ3n) is 12.5. The average molecular weight is 743 g/mol. The largest absolute Gasteiger partial charge is 0.327 e. The molecule has 0 aliphatic heterocycles. The van der Waals surface area contributed by atoms with E-state index >= 15 is 0 Å². The highest BCUT2D eigenvalue weighted by molar-refractivity contribution is 6.24. The molecule has 9 aromatic carbocycles. The molecule has 2 heterocycles. The molecule has 2 aromatic heterocycles. The number of hydrogen-bond donors (Lipinski definition) is 0. The Balaban J connectivity index is 0.945. The summed E-state index contributed by atoms with van der Waals surface area (Å²) in [7, 11) is 4.31. The zero-order chi connectivity index (χ0) is 38.5. The first-order chi connectivity index (χ1) is 28.6. The summed E-state index contributed by atoms with van der Waals surface area (Å²) in [5, 5.41) is 12.5. The number of rotatable bonds is 4. The van der Waals surface area contributed by atoms with Gasteiger partial charge in [-0.1, -0.05) is 170 Å². The zero-order valence-corrected chi connectivity index (χ0v) is 32.4. The van der Waals surface area contributed by atoms with Crippen molar-refractivity contribution in [2.24, 2.45) is 14.1 Å². The summed E-state index contributed by atoms with van der Waals surface area (Å²) in [5.41, 5.74) is 11.5. The Morgan fingerprint density at radius 1 is 0.379 bits per heavy atom. The van der Waals surface area contributed by atoms with Gasteiger partial charge >= 0.3 is 0 Å². The van der Waals surface area contributed by atoms with Gasteiger partial charge in [-0.2, -0.15) is 0 Å². The lowest BCUT2D eigenvalue weighted by Gasteiger charge is -2.14. The van der Waals surface area contributed by atoms with Crippen LogP contribution in [0.1, 0.15) is 12.8 Å². The number of hydrogen-bond acceptors (Lipinski definition) is 2. The van der Waals surface area contributed by atoms with Crippen LogP contribution in [0.15, 0.2) is 158 Å². The monoisotopic (exact) mass is 742 g/mol. The van der Waals surface area contributed by atoms with E-state index in [0.29, 0.717) is 0 Å². The van der Waals surface area contributed by atoms with Gasteiger partial charge in [-0.15, -0.1) is 0 Å². The zero-order valence-electron chi connectivity index (χ0n) is 32.4. The molecule has 0 unspecified atom stereocenters. The van der Waals surface area contributed by atoms with E-state index in [1.54, 1.807) is 0 Å². The van der Waals surface area contributed by atoms with Crippen molar-refractivity contribution in [2.75, 3.05) is 0 Å². The lowest BCUT2D eigenvalue weighted by molar-refractivity contribution is 0.954. The van der Waals surface area contributed by atoms with Crippen LogP contribution in [0, 0.1) is 0 Å². The first-order valence-corrected chi connectivity index (χ1v) is 20.2. The predicted octanol–water partition coefficient (Wildman–Crippen LogP) is 12.1. The Kier molecular flexibility index (Phi) is 7.15. The normalized spacial score (nSPS) is 12.8. The van der Waals surface area contributed by atoms with Gasteiger partial charge in [-0.25, -0.2) is 9.97 Å². The highest BCUT2D eigenvalue weighted by atomic mass is 15.1. The summed E-state index contributed by atoms with van der Waals surface area (Å²) in [6.45, 7) is 0. The van der Waals surface area contributed by atoms with Gasteiger partial charge in [0.05, 0.1) is 22.1 Å². The number of imidazole rings is 2. The van der Waals surface area contributed by atoms with Gasteiger partial charge in [-0.05, 0) is 67.2 Å². The van der Waals surface area contributed by atoms with Crippen LogP contribution >= 0.6 is 0 Å². The average Bonchev–Trinajstić information content (AvgIpc) is 3.83. The molecule has 0 fully saturated rings. The summed E-state index contributed by atoms with van der Waals surface area (Å²) in [6, 6.07) is 57.3. The highest BCUT2D eigenvalue weighted by Gasteiger charge is 2.19. The van der Waals surface area contributed by atoms with Crippen LogP contribution in [0.25, 0.3) is 122 Å². The van der Waals surface area contributed by atoms with E-state index in [1.807, 2.05) is 0 Å². The molecule has 0 atom stereocenters. The lowest BCUT2D eigenvalue weighted by atomic mass is 9.91. The van der Waals surface area contributed by atoms with Crippen LogP contribution < -0.4 is 10.4 Å². The van der Waals surface area contributed by atoms with Crippen molar-refractivity contribution in [2.45, 2.75) is 12.8 Å². The molecule has 58 heavy (non-hydrogen) atoms. The van der Waals surface area contributed by atoms with Crippen molar-refractivity contribution in [3.05, 3.63) is 168 Å². The summed E-state index contributed by atoms with van der Waals surface area (Å²) >= 11 is 0. The van der Waals surface area contributed by atoms with Gasteiger partial charge in [0.1, 0.15) is 11.6 Å². The molecular formula is C54H38N4. The second-order valence-electron chi connectivity index (χ2n) is 15.7. The van der Waals surface area contributed by atoms with Crippen LogP contribution in [-0.2, 0) is 14.1 Å². The molecule has 0 amide bonds. The van der Waals surface area contributed by atoms with E-state index in [9.17, 15) is 0 Å². The Morgan fingerprint density at radius 3 is 1.40 bits per heavy atom. The number of aryl methyl sites for hydroxylation is 2. The third kappa shape index (κ3) is 4.75. The fourth-order valence-electron chi connectivity index (χ4n) is 9.85. The van der Waals surface area contributed by atoms with Crippen LogP contribution in [-0.4, -0.2) is 19.1 Å². The number of benzene rings is 9. The molecule has 0 saturated heterocycles. The fraction of sp³-hybridized carbons (Fsp3) is 0.0741. The van der Waals surface area contributed by atoms with Crippen molar-refractivity contribution in [1.29, 1.82) is 0 Å². The Labute approximate surface area is 335 Å². The number of fused-ring (bicyclic) bond motifs is 13. The SMILES string of the molecule is Cn1c(-c2ccc(-c3cccc4cccc(-c5ccc(-c6nc7c8ccccc8c8ccccc8c7n6C)cc5)c34)cc2)nc2c3ccccc3c3c(c21)=CCCC=3. The molecule has 12 rings (SSSR count). The molecule has 0 bridgehead atoms. The van der Waals surface area contributed by atoms with Crippen molar-refractivity contribution < 1.29 is 0 Å². The van der Waals surface area contributed by atoms with Gasteiger partial charge in [-0.3, -0.25) is 0 Å². The summed E-state index contributed by atoms with van der Waals surface area (Å²) in [6.07, 6.45) is 6.93. The number of nitrogens with zero attached hydrogens (tertiary/aromatic N) is 4. The van der Waals surface area contributed by atoms with Crippen LogP contribution in [0.2, 0.25) is 0 Å². The predicted molar refractivity (Wildman–Crippen MR) is 244 cm³/mol. The minimum atomic E-state index is 0.965. The minimum Gasteiger partial charge on any atom is -0.327 e. The smallest absolute Gasteiger partial charge is 0.140 e. The summed E-state index contributed by atoms with van der Waals surface area (Å²) in [5.74, 6) is 1.95. The van der Waals surface area contributed by atoms with Gasteiger partial charge < -0.3 is 9.13 Å². The van der Waals surface area contributed by atoms with Gasteiger partial charge in [0.15, 0.2) is 0 Å². The van der Waals surface area contributed by atoms with Crippen molar-refractivity contribution in [3.8, 4) is 45.0 Å². The number of aromatic nitrogens is 4. The molecule has 0 radical (unpaired) electrons. The van der Waals surface area contributed by atoms with Crippen LogP contribution in [0.4, 0.5) is 0 Å². The molecule has 1 aliphatic rings. The van der Waals surface area contributed by atoms with E-state index in [-0.39, 0.29) is 0 Å². The maximum absolute atomic E-state index is 5.32. The van der Waals surface area contributed by atoms with E-state index in [1.165, 1.54) is 86.8 Å². The fourth-order valence-corrected chi connectivity index (χ4v) is 9.85. The first kappa shape index (κ1) is 32.9. The van der Waals surface area contributed by atoms with Gasteiger partial charge in [0, 0.05) is 46.6 Å². The molecule has 4 nitrogen and oxygen atoms in total. The first-order valence-electron chi connectivity index (χ1n) is 20.2. The molecule has 0 spiro atoms. The Hall–Kier alpha value is -7.30. The Bertz CT molecular complexity index is 3620. The maximum Gasteiger partial charge on any atom is 0.140 e. The molecule has 0 saturated carbocycles. The van der Waals surface area contributed by atoms with E-state index in [4.69, 9.17) is 9.97 Å². The quantitative estimate of drug-likeness (QED) is 0.168. The Morgan fingerprint density at radius 2 is 0.810 bits per heavy atom. The topological polar surface area (TPSA) is 35.6 Å². The van der Waals surface area contributed by atoms with Crippen LogP contribution in [0.5, 0.6) is 0 Å². The van der Waals surface area contributed by atoms with Gasteiger partial charge in [0.25, 0.3) is 0 Å². The second-order valence-corrected chi connectivity index (χ2v) is 15.7. The molecular weight excluding hydrogens is 705 g/mol. The van der Waals surface area contributed by atoms with E-state index in [2.05, 4.69) is 193 Å². The second kappa shape index (κ2) is 12.6. The summed E-state index contributed by atoms with van der Waals surface area (Å²) in [4.78, 5) is 10.6. The molecule has 274 valence electrons. The third-order valence-corrected chi connectivity index (χ3v) is 12.5. The molecule has 11 aromatic rings. The van der Waals surface area contributed by atoms with E-state index in [0.717, 1.165) is 46.7 Å².